The van der Waals surface area contributed by atoms with Gasteiger partial charge >= 0.3 is 0 Å². The molecule has 1 fully saturated rings. The van der Waals surface area contributed by atoms with E-state index in [2.05, 4.69) is 4.90 Å². The van der Waals surface area contributed by atoms with E-state index < -0.39 is 0 Å². The van der Waals surface area contributed by atoms with Gasteiger partial charge in [0.15, 0.2) is 0 Å². The highest BCUT2D eigenvalue weighted by Crippen LogP contribution is 2.20. The zero-order chi connectivity index (χ0) is 17.5. The molecule has 0 aliphatic carbocycles. The summed E-state index contributed by atoms with van der Waals surface area (Å²) in [5, 5.41) is 10.0. The van der Waals surface area contributed by atoms with Crippen molar-refractivity contribution in [3.63, 3.8) is 0 Å². The van der Waals surface area contributed by atoms with E-state index in [1.54, 1.807) is 18.2 Å². The topological polar surface area (TPSA) is 41.9 Å². The summed E-state index contributed by atoms with van der Waals surface area (Å²) in [4.78, 5) is 2.23. The molecule has 4 nitrogen and oxygen atoms in total. The second-order valence-electron chi connectivity index (χ2n) is 6.30. The SMILES string of the molecule is Oc1ccccc1CN(CCOc1ccc(F)cc1)CC1CCCO1. The van der Waals surface area contributed by atoms with Crippen molar-refractivity contribution in [2.75, 3.05) is 26.3 Å². The molecule has 5 heteroatoms. The molecule has 1 atom stereocenters. The van der Waals surface area contributed by atoms with E-state index in [0.29, 0.717) is 31.2 Å². The number of hydrogen-bond donors (Lipinski definition) is 1. The maximum atomic E-state index is 12.9. The minimum absolute atomic E-state index is 0.233. The lowest BCUT2D eigenvalue weighted by Gasteiger charge is -2.25. The highest BCUT2D eigenvalue weighted by Gasteiger charge is 2.20. The molecular weight excluding hydrogens is 321 g/mol. The summed E-state index contributed by atoms with van der Waals surface area (Å²) in [5.74, 6) is 0.687. The predicted octanol–water partition coefficient (Wildman–Crippen LogP) is 3.59. The van der Waals surface area contributed by atoms with Crippen LogP contribution in [0, 0.1) is 5.82 Å². The Hall–Kier alpha value is -2.11. The van der Waals surface area contributed by atoms with Gasteiger partial charge in [0.05, 0.1) is 6.10 Å². The van der Waals surface area contributed by atoms with Gasteiger partial charge in [-0.1, -0.05) is 18.2 Å². The number of halogens is 1. The minimum atomic E-state index is -0.271. The molecule has 0 amide bonds. The normalized spacial score (nSPS) is 17.1. The third kappa shape index (κ3) is 5.44. The summed E-state index contributed by atoms with van der Waals surface area (Å²) in [6, 6.07) is 13.4. The van der Waals surface area contributed by atoms with Crippen LogP contribution in [0.15, 0.2) is 48.5 Å². The molecule has 1 heterocycles. The summed E-state index contributed by atoms with van der Waals surface area (Å²) >= 11 is 0. The van der Waals surface area contributed by atoms with Crippen LogP contribution >= 0.6 is 0 Å². The van der Waals surface area contributed by atoms with Crippen LogP contribution < -0.4 is 4.74 Å². The molecule has 25 heavy (non-hydrogen) atoms. The molecule has 1 unspecified atom stereocenters. The van der Waals surface area contributed by atoms with E-state index in [1.807, 2.05) is 18.2 Å². The number of hydrogen-bond acceptors (Lipinski definition) is 4. The maximum Gasteiger partial charge on any atom is 0.123 e. The fourth-order valence-corrected chi connectivity index (χ4v) is 3.02. The first-order valence-electron chi connectivity index (χ1n) is 8.70. The molecular formula is C20H24FNO3. The first-order valence-corrected chi connectivity index (χ1v) is 8.70. The third-order valence-corrected chi connectivity index (χ3v) is 4.36. The van der Waals surface area contributed by atoms with Gasteiger partial charge in [-0.05, 0) is 43.2 Å². The van der Waals surface area contributed by atoms with Crippen LogP contribution in [0.3, 0.4) is 0 Å². The molecule has 0 radical (unpaired) electrons. The number of phenols is 1. The number of para-hydroxylation sites is 1. The quantitative estimate of drug-likeness (QED) is 0.794. The Morgan fingerprint density at radius 1 is 1.16 bits per heavy atom. The van der Waals surface area contributed by atoms with E-state index in [0.717, 1.165) is 31.6 Å². The van der Waals surface area contributed by atoms with Crippen molar-refractivity contribution < 1.29 is 19.0 Å². The summed E-state index contributed by atoms with van der Waals surface area (Å²) in [7, 11) is 0. The highest BCUT2D eigenvalue weighted by atomic mass is 19.1. The van der Waals surface area contributed by atoms with Gasteiger partial charge in [-0.25, -0.2) is 4.39 Å². The summed E-state index contributed by atoms with van der Waals surface area (Å²) in [5.41, 5.74) is 0.891. The lowest BCUT2D eigenvalue weighted by atomic mass is 10.1. The van der Waals surface area contributed by atoms with Crippen molar-refractivity contribution in [3.05, 3.63) is 59.9 Å². The Kier molecular flexibility index (Phi) is 6.25. The van der Waals surface area contributed by atoms with Crippen molar-refractivity contribution in [3.8, 4) is 11.5 Å². The van der Waals surface area contributed by atoms with Gasteiger partial charge in [0.2, 0.25) is 0 Å². The van der Waals surface area contributed by atoms with Crippen molar-refractivity contribution in [1.29, 1.82) is 0 Å². The minimum Gasteiger partial charge on any atom is -0.508 e. The standard InChI is InChI=1S/C20H24FNO3/c21-17-7-9-18(10-8-17)25-13-11-22(15-19-5-3-12-24-19)14-16-4-1-2-6-20(16)23/h1-2,4,6-10,19,23H,3,5,11-15H2. The zero-order valence-electron chi connectivity index (χ0n) is 14.2. The number of nitrogens with zero attached hydrogens (tertiary/aromatic N) is 1. The van der Waals surface area contributed by atoms with Crippen LogP contribution in [-0.4, -0.2) is 42.4 Å². The van der Waals surface area contributed by atoms with Crippen molar-refractivity contribution in [1.82, 2.24) is 4.90 Å². The molecule has 0 spiro atoms. The lowest BCUT2D eigenvalue weighted by Crippen LogP contribution is -2.35. The zero-order valence-corrected chi connectivity index (χ0v) is 14.2. The van der Waals surface area contributed by atoms with Gasteiger partial charge in [-0.2, -0.15) is 0 Å². The van der Waals surface area contributed by atoms with E-state index in [-0.39, 0.29) is 11.9 Å². The molecule has 0 saturated carbocycles. The summed E-state index contributed by atoms with van der Waals surface area (Å²) in [6.45, 7) is 3.46. The fourth-order valence-electron chi connectivity index (χ4n) is 3.02. The number of aromatic hydroxyl groups is 1. The Labute approximate surface area is 147 Å². The van der Waals surface area contributed by atoms with Crippen LogP contribution in [0.4, 0.5) is 4.39 Å². The fraction of sp³-hybridized carbons (Fsp3) is 0.400. The predicted molar refractivity (Wildman–Crippen MR) is 94.3 cm³/mol. The second kappa shape index (κ2) is 8.83. The highest BCUT2D eigenvalue weighted by molar-refractivity contribution is 5.31. The molecule has 1 aliphatic heterocycles. The van der Waals surface area contributed by atoms with Crippen LogP contribution in [0.25, 0.3) is 0 Å². The Balaban J connectivity index is 1.57. The van der Waals surface area contributed by atoms with Gasteiger partial charge in [-0.15, -0.1) is 0 Å². The van der Waals surface area contributed by atoms with E-state index >= 15 is 0 Å². The molecule has 134 valence electrons. The van der Waals surface area contributed by atoms with Crippen molar-refractivity contribution >= 4 is 0 Å². The Morgan fingerprint density at radius 3 is 2.68 bits per heavy atom. The third-order valence-electron chi connectivity index (χ3n) is 4.36. The van der Waals surface area contributed by atoms with Gasteiger partial charge < -0.3 is 14.6 Å². The molecule has 3 rings (SSSR count). The average molecular weight is 345 g/mol. The first-order chi connectivity index (χ1) is 12.2. The van der Waals surface area contributed by atoms with Gasteiger partial charge in [0.25, 0.3) is 0 Å². The van der Waals surface area contributed by atoms with Crippen molar-refractivity contribution in [2.45, 2.75) is 25.5 Å². The smallest absolute Gasteiger partial charge is 0.123 e. The average Bonchev–Trinajstić information content (AvgIpc) is 3.11. The number of ether oxygens (including phenoxy) is 2. The maximum absolute atomic E-state index is 12.9. The van der Waals surface area contributed by atoms with E-state index in [1.165, 1.54) is 12.1 Å². The van der Waals surface area contributed by atoms with E-state index in [4.69, 9.17) is 9.47 Å². The first kappa shape index (κ1) is 17.7. The van der Waals surface area contributed by atoms with Crippen molar-refractivity contribution in [2.24, 2.45) is 0 Å². The monoisotopic (exact) mass is 345 g/mol. The molecule has 1 N–H and O–H groups in total. The van der Waals surface area contributed by atoms with E-state index in [9.17, 15) is 9.50 Å². The molecule has 1 aliphatic rings. The summed E-state index contributed by atoms with van der Waals surface area (Å²) < 4.78 is 24.4. The Morgan fingerprint density at radius 2 is 1.96 bits per heavy atom. The molecule has 0 aromatic heterocycles. The molecule has 2 aromatic rings. The molecule has 1 saturated heterocycles. The molecule has 0 bridgehead atoms. The van der Waals surface area contributed by atoms with Crippen LogP contribution in [-0.2, 0) is 11.3 Å². The van der Waals surface area contributed by atoms with Gasteiger partial charge in [0.1, 0.15) is 23.9 Å². The summed E-state index contributed by atoms with van der Waals surface area (Å²) in [6.07, 6.45) is 2.40. The van der Waals surface area contributed by atoms with Crippen LogP contribution in [0.2, 0.25) is 0 Å². The Bertz CT molecular complexity index is 656. The van der Waals surface area contributed by atoms with Crippen LogP contribution in [0.5, 0.6) is 11.5 Å². The van der Waals surface area contributed by atoms with Gasteiger partial charge in [-0.3, -0.25) is 4.90 Å². The number of rotatable bonds is 8. The number of phenolic OH excluding ortho intramolecular Hbond substituents is 1. The molecule has 2 aromatic carbocycles. The number of benzene rings is 2. The lowest BCUT2D eigenvalue weighted by molar-refractivity contribution is 0.0651. The second-order valence-corrected chi connectivity index (χ2v) is 6.30. The van der Waals surface area contributed by atoms with Gasteiger partial charge in [0, 0.05) is 31.8 Å². The van der Waals surface area contributed by atoms with Crippen LogP contribution in [0.1, 0.15) is 18.4 Å². The largest absolute Gasteiger partial charge is 0.508 e.